The Morgan fingerprint density at radius 3 is 2.69 bits per heavy atom. The molecule has 78 valence electrons. The van der Waals surface area contributed by atoms with Crippen molar-refractivity contribution in [2.24, 2.45) is 0 Å². The summed E-state index contributed by atoms with van der Waals surface area (Å²) in [4.78, 5) is 0. The quantitative estimate of drug-likeness (QED) is 0.682. The molecule has 1 aliphatic rings. The van der Waals surface area contributed by atoms with E-state index in [0.29, 0.717) is 6.04 Å². The fraction of sp³-hybridized carbons (Fsp3) is 1.00. The third kappa shape index (κ3) is 4.63. The van der Waals surface area contributed by atoms with Crippen molar-refractivity contribution < 1.29 is 0 Å². The second-order valence-electron chi connectivity index (χ2n) is 4.23. The van der Waals surface area contributed by atoms with Crippen LogP contribution in [0.2, 0.25) is 0 Å². The van der Waals surface area contributed by atoms with Crippen LogP contribution < -0.4 is 10.6 Å². The molecule has 1 atom stereocenters. The smallest absolute Gasteiger partial charge is 0.00937 e. The molecule has 0 radical (unpaired) electrons. The highest BCUT2D eigenvalue weighted by Crippen LogP contribution is 2.06. The number of piperidine rings is 1. The summed E-state index contributed by atoms with van der Waals surface area (Å²) in [5.74, 6) is 0. The van der Waals surface area contributed by atoms with Gasteiger partial charge in [-0.15, -0.1) is 0 Å². The molecule has 1 rings (SSSR count). The summed E-state index contributed by atoms with van der Waals surface area (Å²) in [6.45, 7) is 6.96. The second-order valence-corrected chi connectivity index (χ2v) is 4.23. The molecule has 0 saturated carbocycles. The van der Waals surface area contributed by atoms with E-state index in [4.69, 9.17) is 0 Å². The Labute approximate surface area is 82.5 Å². The molecule has 1 aliphatic heterocycles. The summed E-state index contributed by atoms with van der Waals surface area (Å²) in [6.07, 6.45) is 6.62. The molecule has 2 N–H and O–H groups in total. The van der Waals surface area contributed by atoms with E-state index in [1.807, 2.05) is 0 Å². The van der Waals surface area contributed by atoms with E-state index in [1.165, 1.54) is 45.2 Å². The van der Waals surface area contributed by atoms with Crippen LogP contribution in [0, 0.1) is 0 Å². The lowest BCUT2D eigenvalue weighted by Gasteiger charge is -2.27. The lowest BCUT2D eigenvalue weighted by Crippen LogP contribution is -2.43. The predicted molar refractivity (Wildman–Crippen MR) is 58.0 cm³/mol. The molecule has 0 aromatic carbocycles. The molecule has 1 heterocycles. The molecule has 1 saturated heterocycles. The lowest BCUT2D eigenvalue weighted by atomic mass is 10.0. The average molecular weight is 184 g/mol. The summed E-state index contributed by atoms with van der Waals surface area (Å²) < 4.78 is 0. The van der Waals surface area contributed by atoms with E-state index in [2.05, 4.69) is 24.5 Å². The van der Waals surface area contributed by atoms with Gasteiger partial charge in [-0.05, 0) is 39.3 Å². The number of rotatable bonds is 5. The molecule has 0 amide bonds. The van der Waals surface area contributed by atoms with Gasteiger partial charge in [0.1, 0.15) is 0 Å². The van der Waals surface area contributed by atoms with Crippen molar-refractivity contribution in [3.05, 3.63) is 0 Å². The van der Waals surface area contributed by atoms with Crippen LogP contribution in [-0.2, 0) is 0 Å². The van der Waals surface area contributed by atoms with Gasteiger partial charge in [-0.1, -0.05) is 19.8 Å². The first-order chi connectivity index (χ1) is 6.33. The summed E-state index contributed by atoms with van der Waals surface area (Å²) >= 11 is 0. The molecule has 1 fully saturated rings. The van der Waals surface area contributed by atoms with Gasteiger partial charge in [0.15, 0.2) is 0 Å². The van der Waals surface area contributed by atoms with Crippen molar-refractivity contribution in [3.63, 3.8) is 0 Å². The van der Waals surface area contributed by atoms with E-state index in [0.717, 1.165) is 6.04 Å². The molecule has 0 aromatic heterocycles. The molecule has 0 spiro atoms. The van der Waals surface area contributed by atoms with Crippen LogP contribution >= 0.6 is 0 Å². The van der Waals surface area contributed by atoms with E-state index in [9.17, 15) is 0 Å². The highest BCUT2D eigenvalue weighted by atomic mass is 15.0. The first kappa shape index (κ1) is 11.0. The summed E-state index contributed by atoms with van der Waals surface area (Å²) in [5, 5.41) is 7.10. The minimum atomic E-state index is 0.711. The zero-order valence-electron chi connectivity index (χ0n) is 9.10. The van der Waals surface area contributed by atoms with Crippen molar-refractivity contribution in [1.82, 2.24) is 10.6 Å². The molecular formula is C11H24N2. The van der Waals surface area contributed by atoms with Crippen LogP contribution in [0.5, 0.6) is 0 Å². The van der Waals surface area contributed by atoms with Crippen molar-refractivity contribution in [3.8, 4) is 0 Å². The van der Waals surface area contributed by atoms with Crippen LogP contribution in [0.25, 0.3) is 0 Å². The second kappa shape index (κ2) is 6.39. The van der Waals surface area contributed by atoms with Gasteiger partial charge in [-0.25, -0.2) is 0 Å². The minimum Gasteiger partial charge on any atom is -0.317 e. The van der Waals surface area contributed by atoms with Gasteiger partial charge in [-0.2, -0.15) is 0 Å². The summed E-state index contributed by atoms with van der Waals surface area (Å²) in [6, 6.07) is 1.48. The zero-order chi connectivity index (χ0) is 9.52. The van der Waals surface area contributed by atoms with Crippen molar-refractivity contribution in [1.29, 1.82) is 0 Å². The molecular weight excluding hydrogens is 160 g/mol. The Bertz CT molecular complexity index is 119. The molecule has 2 nitrogen and oxygen atoms in total. The SMILES string of the molecule is CCCCC(C)NC1CCNCC1. The standard InChI is InChI=1S/C11H24N2/c1-3-4-5-10(2)13-11-6-8-12-9-7-11/h10-13H,3-9H2,1-2H3. The Balaban J connectivity index is 2.07. The van der Waals surface area contributed by atoms with Crippen molar-refractivity contribution in [2.45, 2.75) is 58.0 Å². The number of nitrogens with one attached hydrogen (secondary N) is 2. The Kier molecular flexibility index (Phi) is 5.40. The topological polar surface area (TPSA) is 24.1 Å². The van der Waals surface area contributed by atoms with Gasteiger partial charge < -0.3 is 10.6 Å². The summed E-state index contributed by atoms with van der Waals surface area (Å²) in [7, 11) is 0. The van der Waals surface area contributed by atoms with Crippen LogP contribution in [0.1, 0.15) is 46.0 Å². The average Bonchev–Trinajstić information content (AvgIpc) is 2.16. The molecule has 13 heavy (non-hydrogen) atoms. The monoisotopic (exact) mass is 184 g/mol. The van der Waals surface area contributed by atoms with Gasteiger partial charge in [-0.3, -0.25) is 0 Å². The highest BCUT2D eigenvalue weighted by Gasteiger charge is 2.14. The molecule has 0 bridgehead atoms. The first-order valence-electron chi connectivity index (χ1n) is 5.79. The van der Waals surface area contributed by atoms with Crippen LogP contribution in [0.3, 0.4) is 0 Å². The Morgan fingerprint density at radius 1 is 1.38 bits per heavy atom. The number of hydrogen-bond donors (Lipinski definition) is 2. The van der Waals surface area contributed by atoms with Crippen LogP contribution in [0.15, 0.2) is 0 Å². The molecule has 0 aromatic rings. The van der Waals surface area contributed by atoms with Crippen LogP contribution in [-0.4, -0.2) is 25.2 Å². The maximum Gasteiger partial charge on any atom is 0.00937 e. The number of hydrogen-bond acceptors (Lipinski definition) is 2. The molecule has 0 aliphatic carbocycles. The van der Waals surface area contributed by atoms with E-state index < -0.39 is 0 Å². The minimum absolute atomic E-state index is 0.711. The zero-order valence-corrected chi connectivity index (χ0v) is 9.10. The molecule has 2 heteroatoms. The maximum atomic E-state index is 3.71. The highest BCUT2D eigenvalue weighted by molar-refractivity contribution is 4.76. The normalized spacial score (nSPS) is 21.7. The van der Waals surface area contributed by atoms with Gasteiger partial charge in [0.05, 0.1) is 0 Å². The van der Waals surface area contributed by atoms with Gasteiger partial charge in [0.25, 0.3) is 0 Å². The van der Waals surface area contributed by atoms with Crippen LogP contribution in [0.4, 0.5) is 0 Å². The Morgan fingerprint density at radius 2 is 2.08 bits per heavy atom. The Hall–Kier alpha value is -0.0800. The van der Waals surface area contributed by atoms with E-state index in [-0.39, 0.29) is 0 Å². The lowest BCUT2D eigenvalue weighted by molar-refractivity contribution is 0.344. The van der Waals surface area contributed by atoms with Gasteiger partial charge in [0, 0.05) is 12.1 Å². The first-order valence-corrected chi connectivity index (χ1v) is 5.79. The maximum absolute atomic E-state index is 3.71. The fourth-order valence-corrected chi connectivity index (χ4v) is 1.98. The number of unbranched alkanes of at least 4 members (excludes halogenated alkanes) is 1. The largest absolute Gasteiger partial charge is 0.317 e. The third-order valence-corrected chi connectivity index (χ3v) is 2.85. The fourth-order valence-electron chi connectivity index (χ4n) is 1.98. The van der Waals surface area contributed by atoms with E-state index >= 15 is 0 Å². The predicted octanol–water partition coefficient (Wildman–Crippen LogP) is 1.91. The molecule has 1 unspecified atom stereocenters. The van der Waals surface area contributed by atoms with Gasteiger partial charge in [0.2, 0.25) is 0 Å². The van der Waals surface area contributed by atoms with Gasteiger partial charge >= 0.3 is 0 Å². The van der Waals surface area contributed by atoms with E-state index in [1.54, 1.807) is 0 Å². The van der Waals surface area contributed by atoms with Crippen molar-refractivity contribution in [2.75, 3.05) is 13.1 Å². The third-order valence-electron chi connectivity index (χ3n) is 2.85. The summed E-state index contributed by atoms with van der Waals surface area (Å²) in [5.41, 5.74) is 0. The van der Waals surface area contributed by atoms with Crippen molar-refractivity contribution >= 4 is 0 Å².